The molecule has 136 valence electrons. The molecule has 0 aromatic rings. The van der Waals surface area contributed by atoms with Gasteiger partial charge in [0.25, 0.3) is 0 Å². The van der Waals surface area contributed by atoms with Gasteiger partial charge in [0.05, 0.1) is 0 Å². The zero-order valence-corrected chi connectivity index (χ0v) is 28.6. The van der Waals surface area contributed by atoms with E-state index in [1.54, 1.807) is 0 Å². The van der Waals surface area contributed by atoms with Gasteiger partial charge in [0.2, 0.25) is 0 Å². The molecule has 28 heavy (non-hydrogen) atoms. The first-order valence-corrected chi connectivity index (χ1v) is 6.22. The molecular weight excluding hydrogens is 610 g/mol. The van der Waals surface area contributed by atoms with Crippen LogP contribution >= 0.6 is 15.6 Å². The van der Waals surface area contributed by atoms with E-state index in [9.17, 15) is 0 Å². The summed E-state index contributed by atoms with van der Waals surface area (Å²) in [4.78, 5) is 76.3. The summed E-state index contributed by atoms with van der Waals surface area (Å²) in [5.74, 6) is 0. The summed E-state index contributed by atoms with van der Waals surface area (Å²) in [7, 11) is -10.8. The van der Waals surface area contributed by atoms with Gasteiger partial charge in [-0.25, -0.2) is 0 Å². The third-order valence-corrected chi connectivity index (χ3v) is 0. The second-order valence-electron chi connectivity index (χ2n) is 1.64. The van der Waals surface area contributed by atoms with Crippen molar-refractivity contribution in [3.05, 3.63) is 0 Å². The number of carbonyl (C=O) groups excluding carboxylic acids is 3. The molecule has 0 aliphatic carbocycles. The van der Waals surface area contributed by atoms with Gasteiger partial charge in [0.1, 0.15) is 0 Å². The number of carboxylic acid groups (broad SMARTS) is 6. The normalized spacial score (nSPS) is 6.79. The predicted octanol–water partition coefficient (Wildman–Crippen LogP) is -15.3. The van der Waals surface area contributed by atoms with Crippen LogP contribution in [0.25, 0.3) is 0 Å². The fourth-order valence-corrected chi connectivity index (χ4v) is 0. The molecule has 0 N–H and O–H groups in total. The van der Waals surface area contributed by atoms with Crippen molar-refractivity contribution in [3.8, 4) is 0 Å². The van der Waals surface area contributed by atoms with Crippen LogP contribution in [0.3, 0.4) is 0 Å². The molecule has 0 fully saturated rings. The van der Waals surface area contributed by atoms with Crippen molar-refractivity contribution in [1.29, 1.82) is 0 Å². The zero-order chi connectivity index (χ0) is 19.7. The molecule has 0 heterocycles. The minimum atomic E-state index is -5.39. The van der Waals surface area contributed by atoms with Crippen molar-refractivity contribution in [1.82, 2.24) is 0 Å². The van der Waals surface area contributed by atoms with Crippen molar-refractivity contribution >= 4 is 261 Å². The van der Waals surface area contributed by atoms with Crippen molar-refractivity contribution < 1.29 is 83.5 Å². The van der Waals surface area contributed by atoms with E-state index < -0.39 is 34.1 Å². The van der Waals surface area contributed by atoms with Gasteiger partial charge in [0, 0.05) is 0 Å². The van der Waals surface area contributed by atoms with Crippen molar-refractivity contribution in [3.63, 3.8) is 0 Å². The average Bonchev–Trinajstić information content (AvgIpc) is 1.88. The molecule has 0 bridgehead atoms. The van der Waals surface area contributed by atoms with Crippen LogP contribution in [0.2, 0.25) is 0 Å². The number of hydrogen-bond acceptors (Lipinski definition) is 17. The summed E-state index contributed by atoms with van der Waals surface area (Å²) in [6, 6.07) is 0. The number of hydrogen-bond donors (Lipinski definition) is 0. The maximum absolute atomic E-state index is 8.55. The maximum atomic E-state index is 8.55. The number of carbonyl (C=O) groups is 3. The van der Waals surface area contributed by atoms with Crippen LogP contribution in [0.1, 0.15) is 0 Å². The Balaban J connectivity index is -0.0000000137. The minimum absolute atomic E-state index is 0. The first kappa shape index (κ1) is 69.9. The van der Waals surface area contributed by atoms with Gasteiger partial charge in [-0.2, -0.15) is 15.6 Å². The average molecular weight is 610 g/mol. The molecule has 0 aromatic heterocycles. The van der Waals surface area contributed by atoms with E-state index >= 15 is 0 Å². The number of phosphoric acid groups is 2. The summed E-state index contributed by atoms with van der Waals surface area (Å²) < 4.78 is 17.1. The molecule has 0 aliphatic heterocycles. The van der Waals surface area contributed by atoms with Gasteiger partial charge < -0.3 is 83.5 Å². The van der Waals surface area contributed by atoms with Crippen LogP contribution in [0.15, 0.2) is 0 Å². The SMILES string of the molecule is O=C([O-])[O-].O=C([O-])[O-].O=C([O-])[O-].O=P([O-])([O-])[O-].O=P([O-])([O-])[O-].[Ca+2].[Ca+2].[Ca+2].[Ca+2].[Ca+2].[Ca+2]. The molecule has 0 radical (unpaired) electrons. The zero-order valence-electron chi connectivity index (χ0n) is 13.6. The Labute approximate surface area is 335 Å². The number of rotatable bonds is 0. The first-order chi connectivity index (χ1) is 9.20. The molecule has 0 saturated heterocycles. The van der Waals surface area contributed by atoms with E-state index in [0.29, 0.717) is 0 Å². The van der Waals surface area contributed by atoms with Gasteiger partial charge in [0.15, 0.2) is 0 Å². The van der Waals surface area contributed by atoms with Gasteiger partial charge in [-0.15, -0.1) is 0 Å². The van der Waals surface area contributed by atoms with Gasteiger partial charge >= 0.3 is 226 Å². The monoisotopic (exact) mass is 610 g/mol. The van der Waals surface area contributed by atoms with Crippen LogP contribution < -0.4 is 60.0 Å². The van der Waals surface area contributed by atoms with E-state index in [2.05, 4.69) is 0 Å². The minimum Gasteiger partial charge on any atom is -0.822 e. The summed E-state index contributed by atoms with van der Waals surface area (Å²) in [5.41, 5.74) is 0. The smallest absolute Gasteiger partial charge is 0.822 e. The van der Waals surface area contributed by atoms with E-state index in [4.69, 9.17) is 83.5 Å². The largest absolute Gasteiger partial charge is 2.00 e. The third-order valence-electron chi connectivity index (χ3n) is 0. The first-order valence-electron chi connectivity index (χ1n) is 3.30. The fraction of sp³-hybridized carbons (Fsp3) is 0. The molecule has 0 saturated carbocycles. The van der Waals surface area contributed by atoms with Crippen LogP contribution in [-0.4, -0.2) is 245 Å². The second kappa shape index (κ2) is 46.0. The molecule has 25 heteroatoms. The molecule has 0 spiro atoms. The van der Waals surface area contributed by atoms with E-state index in [1.165, 1.54) is 0 Å². The van der Waals surface area contributed by atoms with Crippen molar-refractivity contribution in [2.75, 3.05) is 0 Å². The maximum Gasteiger partial charge on any atom is 2.00 e. The molecule has 0 unspecified atom stereocenters. The van der Waals surface area contributed by atoms with E-state index in [-0.39, 0.29) is 226 Å². The molecular formula is C3Ca6O17P2. The van der Waals surface area contributed by atoms with Crippen LogP contribution in [-0.2, 0) is 9.13 Å². The van der Waals surface area contributed by atoms with Crippen molar-refractivity contribution in [2.24, 2.45) is 0 Å². The fourth-order valence-electron chi connectivity index (χ4n) is 0. The summed E-state index contributed by atoms with van der Waals surface area (Å²) in [6.07, 6.45) is -7.00. The topological polar surface area (TPSA) is 362 Å². The van der Waals surface area contributed by atoms with Crippen molar-refractivity contribution in [2.45, 2.75) is 0 Å². The Morgan fingerprint density at radius 2 is 0.393 bits per heavy atom. The summed E-state index contributed by atoms with van der Waals surface area (Å²) >= 11 is 0. The van der Waals surface area contributed by atoms with E-state index in [1.807, 2.05) is 0 Å². The molecule has 0 rings (SSSR count). The Morgan fingerprint density at radius 3 is 0.393 bits per heavy atom. The van der Waals surface area contributed by atoms with Crippen LogP contribution in [0.4, 0.5) is 14.4 Å². The Hall–Kier alpha value is 5.59. The Morgan fingerprint density at radius 1 is 0.393 bits per heavy atom. The second-order valence-corrected chi connectivity index (χ2v) is 3.43. The molecule has 0 aromatic carbocycles. The molecule has 0 amide bonds. The van der Waals surface area contributed by atoms with E-state index in [0.717, 1.165) is 0 Å². The van der Waals surface area contributed by atoms with Gasteiger partial charge in [-0.05, 0) is 18.5 Å². The Kier molecular flexibility index (Phi) is 115. The van der Waals surface area contributed by atoms with Gasteiger partial charge in [-0.1, -0.05) is 0 Å². The standard InChI is InChI=1S/3CH2O3.6Ca.2H3O4P/c3*2-1(3)4;;;;;;;2*1-5(2,3)4/h3*(H2,2,3,4);;;;;;;2*(H3,1,2,3,4)/q;;;6*+2;;/p-12. The van der Waals surface area contributed by atoms with Crippen LogP contribution in [0.5, 0.6) is 0 Å². The quantitative estimate of drug-likeness (QED) is 0.181. The molecule has 0 aliphatic rings. The summed E-state index contributed by atoms with van der Waals surface area (Å²) in [5, 5.41) is 50.0. The molecule has 0 atom stereocenters. The van der Waals surface area contributed by atoms with Gasteiger partial charge in [-0.3, -0.25) is 0 Å². The molecule has 17 nitrogen and oxygen atoms in total. The predicted molar refractivity (Wildman–Crippen MR) is 65.9 cm³/mol. The summed E-state index contributed by atoms with van der Waals surface area (Å²) in [6.45, 7) is 0. The Bertz CT molecular complexity index is 329. The third kappa shape index (κ3) is 946. The van der Waals surface area contributed by atoms with Crippen LogP contribution in [0, 0.1) is 0 Å².